The number of anilines is 1. The average molecular weight is 402 g/mol. The van der Waals surface area contributed by atoms with Crippen molar-refractivity contribution in [3.8, 4) is 5.75 Å². The van der Waals surface area contributed by atoms with Crippen molar-refractivity contribution in [2.24, 2.45) is 0 Å². The molecule has 4 aromatic rings. The molecule has 0 aliphatic carbocycles. The first-order chi connectivity index (χ1) is 14.7. The Balaban J connectivity index is 1.65. The molecule has 0 aliphatic heterocycles. The second-order valence-corrected chi connectivity index (χ2v) is 6.88. The molecule has 0 aliphatic rings. The number of phenols is 1. The van der Waals surface area contributed by atoms with Gasteiger partial charge in [-0.05, 0) is 48.9 Å². The van der Waals surface area contributed by atoms with Crippen LogP contribution in [-0.2, 0) is 4.74 Å². The predicted octanol–water partition coefficient (Wildman–Crippen LogP) is 5.30. The lowest BCUT2D eigenvalue weighted by Gasteiger charge is -2.20. The van der Waals surface area contributed by atoms with Gasteiger partial charge < -0.3 is 19.6 Å². The number of rotatable bonds is 7. The molecule has 0 bridgehead atoms. The maximum absolute atomic E-state index is 12.0. The third-order valence-electron chi connectivity index (χ3n) is 4.79. The van der Waals surface area contributed by atoms with E-state index in [-0.39, 0.29) is 11.7 Å². The SMILES string of the molecule is CCCOC(=O)c1ccc(NC(c2ccco2)c2ccc3cccnc3c2O)cc1. The van der Waals surface area contributed by atoms with Crippen LogP contribution in [0.5, 0.6) is 5.75 Å². The fourth-order valence-electron chi connectivity index (χ4n) is 3.28. The van der Waals surface area contributed by atoms with Crippen molar-refractivity contribution in [1.82, 2.24) is 4.98 Å². The number of fused-ring (bicyclic) bond motifs is 1. The van der Waals surface area contributed by atoms with Crippen LogP contribution in [0.2, 0.25) is 0 Å². The first-order valence-corrected chi connectivity index (χ1v) is 9.81. The topological polar surface area (TPSA) is 84.6 Å². The molecule has 6 nitrogen and oxygen atoms in total. The molecule has 1 atom stereocenters. The van der Waals surface area contributed by atoms with E-state index in [1.54, 1.807) is 42.8 Å². The van der Waals surface area contributed by atoms with Crippen molar-refractivity contribution < 1.29 is 19.1 Å². The van der Waals surface area contributed by atoms with E-state index in [0.717, 1.165) is 17.5 Å². The number of furan rings is 1. The van der Waals surface area contributed by atoms with Gasteiger partial charge in [-0.15, -0.1) is 0 Å². The molecule has 152 valence electrons. The molecule has 4 rings (SSSR count). The summed E-state index contributed by atoms with van der Waals surface area (Å²) in [5.41, 5.74) is 2.43. The number of phenolic OH excluding ortho intramolecular Hbond substituents is 1. The van der Waals surface area contributed by atoms with Gasteiger partial charge in [-0.25, -0.2) is 4.79 Å². The van der Waals surface area contributed by atoms with Gasteiger partial charge in [-0.2, -0.15) is 0 Å². The monoisotopic (exact) mass is 402 g/mol. The number of carbonyl (C=O) groups is 1. The average Bonchev–Trinajstić information content (AvgIpc) is 3.32. The summed E-state index contributed by atoms with van der Waals surface area (Å²) in [4.78, 5) is 16.3. The molecule has 0 radical (unpaired) electrons. The molecule has 6 heteroatoms. The smallest absolute Gasteiger partial charge is 0.338 e. The number of esters is 1. The Morgan fingerprint density at radius 2 is 1.97 bits per heavy atom. The fourth-order valence-corrected chi connectivity index (χ4v) is 3.28. The van der Waals surface area contributed by atoms with E-state index in [0.29, 0.717) is 29.0 Å². The van der Waals surface area contributed by atoms with Crippen molar-refractivity contribution in [2.45, 2.75) is 19.4 Å². The number of pyridine rings is 1. The molecule has 1 unspecified atom stereocenters. The number of nitrogens with zero attached hydrogens (tertiary/aromatic N) is 1. The standard InChI is InChI=1S/C24H22N2O4/c1-2-14-30-24(28)17-7-10-18(11-8-17)26-22(20-6-4-15-29-20)19-12-9-16-5-3-13-25-21(16)23(19)27/h3-13,15,22,26-27H,2,14H2,1H3. The highest BCUT2D eigenvalue weighted by molar-refractivity contribution is 5.90. The highest BCUT2D eigenvalue weighted by Crippen LogP contribution is 2.36. The largest absolute Gasteiger partial charge is 0.505 e. The number of aromatic hydroxyl groups is 1. The molecule has 2 heterocycles. The summed E-state index contributed by atoms with van der Waals surface area (Å²) in [6.07, 6.45) is 4.02. The Morgan fingerprint density at radius 3 is 2.70 bits per heavy atom. The Hall–Kier alpha value is -3.80. The van der Waals surface area contributed by atoms with Crippen LogP contribution in [-0.4, -0.2) is 22.7 Å². The third-order valence-corrected chi connectivity index (χ3v) is 4.79. The lowest BCUT2D eigenvalue weighted by atomic mass is 10.0. The van der Waals surface area contributed by atoms with E-state index in [2.05, 4.69) is 10.3 Å². The molecular weight excluding hydrogens is 380 g/mol. The minimum atomic E-state index is -0.440. The van der Waals surface area contributed by atoms with E-state index in [1.165, 1.54) is 0 Å². The van der Waals surface area contributed by atoms with Gasteiger partial charge in [0, 0.05) is 22.8 Å². The first kappa shape index (κ1) is 19.5. The van der Waals surface area contributed by atoms with E-state index >= 15 is 0 Å². The summed E-state index contributed by atoms with van der Waals surface area (Å²) in [6.45, 7) is 2.35. The van der Waals surface area contributed by atoms with Crippen LogP contribution in [0.3, 0.4) is 0 Å². The zero-order chi connectivity index (χ0) is 20.9. The maximum Gasteiger partial charge on any atom is 0.338 e. The van der Waals surface area contributed by atoms with Crippen molar-refractivity contribution in [2.75, 3.05) is 11.9 Å². The van der Waals surface area contributed by atoms with Crippen molar-refractivity contribution in [1.29, 1.82) is 0 Å². The highest BCUT2D eigenvalue weighted by Gasteiger charge is 2.22. The van der Waals surface area contributed by atoms with Gasteiger partial charge in [0.25, 0.3) is 0 Å². The Labute approximate surface area is 174 Å². The van der Waals surface area contributed by atoms with Gasteiger partial charge in [-0.3, -0.25) is 4.98 Å². The van der Waals surface area contributed by atoms with Gasteiger partial charge in [0.05, 0.1) is 18.4 Å². The van der Waals surface area contributed by atoms with Crippen molar-refractivity contribution >= 4 is 22.6 Å². The molecule has 0 saturated heterocycles. The molecule has 30 heavy (non-hydrogen) atoms. The van der Waals surface area contributed by atoms with Crippen LogP contribution in [0, 0.1) is 0 Å². The molecular formula is C24H22N2O4. The summed E-state index contributed by atoms with van der Waals surface area (Å²) >= 11 is 0. The van der Waals surface area contributed by atoms with Crippen LogP contribution in [0.1, 0.15) is 41.1 Å². The number of hydrogen-bond donors (Lipinski definition) is 2. The fraction of sp³-hybridized carbons (Fsp3) is 0.167. The number of nitrogens with one attached hydrogen (secondary N) is 1. The quantitative estimate of drug-likeness (QED) is 0.408. The van der Waals surface area contributed by atoms with Crippen LogP contribution in [0.15, 0.2) is 77.5 Å². The number of ether oxygens (including phenoxy) is 1. The number of benzene rings is 2. The number of aromatic nitrogens is 1. The van der Waals surface area contributed by atoms with Crippen LogP contribution < -0.4 is 5.32 Å². The van der Waals surface area contributed by atoms with Gasteiger partial charge in [0.15, 0.2) is 0 Å². The second kappa shape index (κ2) is 8.69. The Morgan fingerprint density at radius 1 is 1.13 bits per heavy atom. The summed E-state index contributed by atoms with van der Waals surface area (Å²) in [6, 6.07) is 17.7. The first-order valence-electron chi connectivity index (χ1n) is 9.81. The van der Waals surface area contributed by atoms with E-state index in [9.17, 15) is 9.90 Å². The summed E-state index contributed by atoms with van der Waals surface area (Å²) < 4.78 is 10.8. The Kier molecular flexibility index (Phi) is 5.66. The Bertz CT molecular complexity index is 1140. The molecule has 2 aromatic carbocycles. The van der Waals surface area contributed by atoms with Crippen molar-refractivity contribution in [3.63, 3.8) is 0 Å². The predicted molar refractivity (Wildman–Crippen MR) is 115 cm³/mol. The van der Waals surface area contributed by atoms with Gasteiger partial charge in [-0.1, -0.05) is 25.1 Å². The second-order valence-electron chi connectivity index (χ2n) is 6.88. The van der Waals surface area contributed by atoms with Gasteiger partial charge in [0.2, 0.25) is 0 Å². The summed E-state index contributed by atoms with van der Waals surface area (Å²) in [7, 11) is 0. The zero-order valence-corrected chi connectivity index (χ0v) is 16.5. The van der Waals surface area contributed by atoms with Crippen molar-refractivity contribution in [3.05, 3.63) is 90.0 Å². The maximum atomic E-state index is 12.0. The zero-order valence-electron chi connectivity index (χ0n) is 16.5. The molecule has 2 N–H and O–H groups in total. The van der Waals surface area contributed by atoms with Crippen LogP contribution in [0.25, 0.3) is 10.9 Å². The normalized spacial score (nSPS) is 11.9. The number of carbonyl (C=O) groups excluding carboxylic acids is 1. The molecule has 0 spiro atoms. The summed E-state index contributed by atoms with van der Waals surface area (Å²) in [5.74, 6) is 0.401. The van der Waals surface area contributed by atoms with E-state index in [4.69, 9.17) is 9.15 Å². The lowest BCUT2D eigenvalue weighted by molar-refractivity contribution is 0.0505. The van der Waals surface area contributed by atoms with E-state index < -0.39 is 6.04 Å². The minimum absolute atomic E-state index is 0.0989. The van der Waals surface area contributed by atoms with E-state index in [1.807, 2.05) is 37.3 Å². The van der Waals surface area contributed by atoms with Crippen LogP contribution >= 0.6 is 0 Å². The highest BCUT2D eigenvalue weighted by atomic mass is 16.5. The van der Waals surface area contributed by atoms with Crippen LogP contribution in [0.4, 0.5) is 5.69 Å². The third kappa shape index (κ3) is 3.98. The molecule has 0 amide bonds. The van der Waals surface area contributed by atoms with Gasteiger partial charge >= 0.3 is 5.97 Å². The molecule has 2 aromatic heterocycles. The number of hydrogen-bond acceptors (Lipinski definition) is 6. The summed E-state index contributed by atoms with van der Waals surface area (Å²) in [5, 5.41) is 15.1. The van der Waals surface area contributed by atoms with Gasteiger partial charge in [0.1, 0.15) is 23.1 Å². The molecule has 0 fully saturated rings. The molecule has 0 saturated carbocycles. The lowest BCUT2D eigenvalue weighted by Crippen LogP contribution is -2.12. The minimum Gasteiger partial charge on any atom is -0.505 e.